The van der Waals surface area contributed by atoms with Crippen molar-refractivity contribution in [3.8, 4) is 0 Å². The second-order valence-electron chi connectivity index (χ2n) is 4.78. The van der Waals surface area contributed by atoms with Crippen LogP contribution in [0.1, 0.15) is 12.8 Å². The number of methoxy groups -OCH3 is 1. The number of nitrogens with zero attached hydrogens (tertiary/aromatic N) is 1. The van der Waals surface area contributed by atoms with Crippen molar-refractivity contribution in [1.82, 2.24) is 4.31 Å². The largest absolute Gasteiger partial charge is 0.384 e. The lowest BCUT2D eigenvalue weighted by Gasteiger charge is -2.31. The molecule has 1 aromatic carbocycles. The zero-order valence-electron chi connectivity index (χ0n) is 10.9. The highest BCUT2D eigenvalue weighted by atomic mass is 32.2. The third kappa shape index (κ3) is 3.32. The van der Waals surface area contributed by atoms with Crippen LogP contribution >= 0.6 is 0 Å². The van der Waals surface area contributed by atoms with E-state index in [-0.39, 0.29) is 10.8 Å². The standard InChI is InChI=1S/C13H18FNO3S/c1-18-10-11-3-2-8-15(9-11)19(16,17)13-6-4-12(14)5-7-13/h4-7,11H,2-3,8-10H2,1H3. The first-order chi connectivity index (χ1) is 9.04. The van der Waals surface area contributed by atoms with E-state index in [4.69, 9.17) is 4.74 Å². The molecule has 1 atom stereocenters. The van der Waals surface area contributed by atoms with Crippen LogP contribution < -0.4 is 0 Å². The van der Waals surface area contributed by atoms with Crippen LogP contribution in [0.2, 0.25) is 0 Å². The SMILES string of the molecule is COCC1CCCN(S(=O)(=O)c2ccc(F)cc2)C1. The monoisotopic (exact) mass is 287 g/mol. The highest BCUT2D eigenvalue weighted by Crippen LogP contribution is 2.23. The van der Waals surface area contributed by atoms with E-state index >= 15 is 0 Å². The van der Waals surface area contributed by atoms with Gasteiger partial charge in [0.1, 0.15) is 5.82 Å². The van der Waals surface area contributed by atoms with Crippen LogP contribution in [0, 0.1) is 11.7 Å². The number of benzene rings is 1. The van der Waals surface area contributed by atoms with E-state index in [1.54, 1.807) is 7.11 Å². The lowest BCUT2D eigenvalue weighted by Crippen LogP contribution is -2.41. The highest BCUT2D eigenvalue weighted by molar-refractivity contribution is 7.89. The third-order valence-electron chi connectivity index (χ3n) is 3.34. The van der Waals surface area contributed by atoms with Gasteiger partial charge in [-0.2, -0.15) is 4.31 Å². The van der Waals surface area contributed by atoms with Crippen LogP contribution in [-0.4, -0.2) is 39.5 Å². The van der Waals surface area contributed by atoms with Gasteiger partial charge in [-0.1, -0.05) is 0 Å². The molecule has 0 N–H and O–H groups in total. The summed E-state index contributed by atoms with van der Waals surface area (Å²) in [6.45, 7) is 1.54. The number of hydrogen-bond acceptors (Lipinski definition) is 3. The van der Waals surface area contributed by atoms with Crippen molar-refractivity contribution >= 4 is 10.0 Å². The Morgan fingerprint density at radius 3 is 2.68 bits per heavy atom. The van der Waals surface area contributed by atoms with Gasteiger partial charge in [-0.25, -0.2) is 12.8 Å². The van der Waals surface area contributed by atoms with Crippen molar-refractivity contribution in [2.75, 3.05) is 26.8 Å². The summed E-state index contributed by atoms with van der Waals surface area (Å²) in [4.78, 5) is 0.145. The van der Waals surface area contributed by atoms with Crippen molar-refractivity contribution in [2.24, 2.45) is 5.92 Å². The van der Waals surface area contributed by atoms with Crippen molar-refractivity contribution in [3.05, 3.63) is 30.1 Å². The maximum Gasteiger partial charge on any atom is 0.243 e. The van der Waals surface area contributed by atoms with Crippen molar-refractivity contribution < 1.29 is 17.5 Å². The molecule has 0 spiro atoms. The molecule has 0 saturated carbocycles. The molecule has 2 rings (SSSR count). The van der Waals surface area contributed by atoms with Gasteiger partial charge in [0.2, 0.25) is 10.0 Å². The van der Waals surface area contributed by atoms with Crippen molar-refractivity contribution in [1.29, 1.82) is 0 Å². The van der Waals surface area contributed by atoms with Gasteiger partial charge >= 0.3 is 0 Å². The molecule has 4 nitrogen and oxygen atoms in total. The van der Waals surface area contributed by atoms with Crippen molar-refractivity contribution in [3.63, 3.8) is 0 Å². The van der Waals surface area contributed by atoms with Gasteiger partial charge in [-0.15, -0.1) is 0 Å². The maximum absolute atomic E-state index is 12.9. The zero-order chi connectivity index (χ0) is 13.9. The molecule has 1 heterocycles. The van der Waals surface area contributed by atoms with Crippen LogP contribution in [0.25, 0.3) is 0 Å². The lowest BCUT2D eigenvalue weighted by molar-refractivity contribution is 0.118. The molecule has 6 heteroatoms. The second-order valence-corrected chi connectivity index (χ2v) is 6.72. The van der Waals surface area contributed by atoms with Crippen LogP contribution in [0.4, 0.5) is 4.39 Å². The first-order valence-electron chi connectivity index (χ1n) is 6.28. The molecule has 0 radical (unpaired) electrons. The maximum atomic E-state index is 12.9. The molecule has 1 aromatic rings. The first kappa shape index (κ1) is 14.4. The van der Waals surface area contributed by atoms with Crippen LogP contribution in [0.5, 0.6) is 0 Å². The van der Waals surface area contributed by atoms with E-state index in [2.05, 4.69) is 0 Å². The predicted molar refractivity (Wildman–Crippen MR) is 69.8 cm³/mol. The molecule has 1 aliphatic heterocycles. The molecule has 0 aromatic heterocycles. The summed E-state index contributed by atoms with van der Waals surface area (Å²) in [5.41, 5.74) is 0. The fourth-order valence-electron chi connectivity index (χ4n) is 2.37. The molecule has 1 aliphatic rings. The third-order valence-corrected chi connectivity index (χ3v) is 5.21. The summed E-state index contributed by atoms with van der Waals surface area (Å²) in [6.07, 6.45) is 1.80. The zero-order valence-corrected chi connectivity index (χ0v) is 11.7. The van der Waals surface area contributed by atoms with E-state index in [9.17, 15) is 12.8 Å². The molecule has 1 saturated heterocycles. The Hall–Kier alpha value is -0.980. The number of rotatable bonds is 4. The first-order valence-corrected chi connectivity index (χ1v) is 7.72. The summed E-state index contributed by atoms with van der Waals surface area (Å²) >= 11 is 0. The van der Waals surface area contributed by atoms with Gasteiger partial charge < -0.3 is 4.74 Å². The second kappa shape index (κ2) is 5.98. The van der Waals surface area contributed by atoms with E-state index in [0.717, 1.165) is 12.8 Å². The average Bonchev–Trinajstić information content (AvgIpc) is 2.40. The number of piperidine rings is 1. The number of hydrogen-bond donors (Lipinski definition) is 0. The molecule has 19 heavy (non-hydrogen) atoms. The summed E-state index contributed by atoms with van der Waals surface area (Å²) < 4.78 is 44.2. The molecule has 1 unspecified atom stereocenters. The lowest BCUT2D eigenvalue weighted by atomic mass is 10.0. The topological polar surface area (TPSA) is 46.6 Å². The summed E-state index contributed by atoms with van der Waals surface area (Å²) in [5, 5.41) is 0. The highest BCUT2D eigenvalue weighted by Gasteiger charge is 2.30. The van der Waals surface area contributed by atoms with E-state index in [0.29, 0.717) is 19.7 Å². The minimum absolute atomic E-state index is 0.145. The van der Waals surface area contributed by atoms with E-state index in [1.807, 2.05) is 0 Å². The quantitative estimate of drug-likeness (QED) is 0.849. The Bertz CT molecular complexity index is 513. The van der Waals surface area contributed by atoms with Gasteiger partial charge in [-0.05, 0) is 43.0 Å². The summed E-state index contributed by atoms with van der Waals surface area (Å²) in [6, 6.07) is 4.96. The van der Waals surface area contributed by atoms with Crippen LogP contribution in [-0.2, 0) is 14.8 Å². The van der Waals surface area contributed by atoms with Gasteiger partial charge in [0, 0.05) is 20.2 Å². The number of sulfonamides is 1. The molecule has 0 bridgehead atoms. The normalized spacial score (nSPS) is 21.5. The predicted octanol–water partition coefficient (Wildman–Crippen LogP) is 1.87. The van der Waals surface area contributed by atoms with Gasteiger partial charge in [0.05, 0.1) is 11.5 Å². The van der Waals surface area contributed by atoms with Gasteiger partial charge in [0.25, 0.3) is 0 Å². The van der Waals surface area contributed by atoms with Crippen LogP contribution in [0.15, 0.2) is 29.2 Å². The van der Waals surface area contributed by atoms with E-state index < -0.39 is 15.8 Å². The summed E-state index contributed by atoms with van der Waals surface area (Å²) in [5.74, 6) is -0.205. The van der Waals surface area contributed by atoms with E-state index in [1.165, 1.54) is 28.6 Å². The van der Waals surface area contributed by atoms with Crippen LogP contribution in [0.3, 0.4) is 0 Å². The summed E-state index contributed by atoms with van der Waals surface area (Å²) in [7, 11) is -1.90. The Morgan fingerprint density at radius 2 is 2.05 bits per heavy atom. The number of halogens is 1. The smallest absolute Gasteiger partial charge is 0.243 e. The molecule has 0 amide bonds. The average molecular weight is 287 g/mol. The van der Waals surface area contributed by atoms with Crippen molar-refractivity contribution in [2.45, 2.75) is 17.7 Å². The Kier molecular flexibility index (Phi) is 4.54. The van der Waals surface area contributed by atoms with Gasteiger partial charge in [0.15, 0.2) is 0 Å². The minimum Gasteiger partial charge on any atom is -0.384 e. The fourth-order valence-corrected chi connectivity index (χ4v) is 3.93. The molecular formula is C13H18FNO3S. The Balaban J connectivity index is 2.17. The minimum atomic E-state index is -3.52. The Labute approximate surface area is 113 Å². The fraction of sp³-hybridized carbons (Fsp3) is 0.538. The van der Waals surface area contributed by atoms with Gasteiger partial charge in [-0.3, -0.25) is 0 Å². The molecule has 1 fully saturated rings. The molecule has 0 aliphatic carbocycles. The number of ether oxygens (including phenoxy) is 1. The molecule has 106 valence electrons. The molecular weight excluding hydrogens is 269 g/mol. The Morgan fingerprint density at radius 1 is 1.37 bits per heavy atom.